The third-order valence-corrected chi connectivity index (χ3v) is 7.70. The molecule has 9 heteroatoms. The third-order valence-electron chi connectivity index (χ3n) is 6.07. The van der Waals surface area contributed by atoms with Gasteiger partial charge in [-0.15, -0.1) is 0 Å². The van der Waals surface area contributed by atoms with Crippen LogP contribution in [0.2, 0.25) is 5.02 Å². The summed E-state index contributed by atoms with van der Waals surface area (Å²) in [6, 6.07) is 4.09. The fraction of sp³-hybridized carbons (Fsp3) is 0.667. The lowest BCUT2D eigenvalue weighted by molar-refractivity contribution is -0.0854. The first-order valence-corrected chi connectivity index (χ1v) is 11.8. The Balaban J connectivity index is 1.69. The first-order chi connectivity index (χ1) is 14.3. The standard InChI is InChI=1S/C21H29ClF3N3OS/c1-2-14-30-28-12-10-27(11-13-28)20(6-8-21(24,25)9-7-20)15-26-19(29)18-16(22)4-3-5-17(18)23/h3-5H,2,6-15H2,1H3,(H,26,29). The minimum Gasteiger partial charge on any atom is -0.350 e. The number of hydrogen-bond donors (Lipinski definition) is 1. The van der Waals surface area contributed by atoms with Crippen LogP contribution in [-0.2, 0) is 0 Å². The number of carbonyl (C=O) groups excluding carboxylic acids is 1. The van der Waals surface area contributed by atoms with Gasteiger partial charge in [0.25, 0.3) is 5.91 Å². The summed E-state index contributed by atoms with van der Waals surface area (Å²) in [6.45, 7) is 5.59. The van der Waals surface area contributed by atoms with Gasteiger partial charge in [-0.2, -0.15) is 0 Å². The molecule has 0 atom stereocenters. The van der Waals surface area contributed by atoms with E-state index in [2.05, 4.69) is 21.4 Å². The lowest BCUT2D eigenvalue weighted by Crippen LogP contribution is -2.62. The van der Waals surface area contributed by atoms with Gasteiger partial charge in [-0.05, 0) is 31.4 Å². The zero-order chi connectivity index (χ0) is 21.8. The van der Waals surface area contributed by atoms with Gasteiger partial charge in [0.2, 0.25) is 5.92 Å². The van der Waals surface area contributed by atoms with Crippen LogP contribution in [0.1, 0.15) is 49.4 Å². The molecule has 0 radical (unpaired) electrons. The van der Waals surface area contributed by atoms with Gasteiger partial charge in [0, 0.05) is 56.9 Å². The van der Waals surface area contributed by atoms with Crippen molar-refractivity contribution in [2.24, 2.45) is 0 Å². The van der Waals surface area contributed by atoms with Gasteiger partial charge < -0.3 is 5.32 Å². The van der Waals surface area contributed by atoms with E-state index in [1.165, 1.54) is 18.2 Å². The molecule has 2 aliphatic rings. The van der Waals surface area contributed by atoms with Gasteiger partial charge in [0.05, 0.1) is 10.6 Å². The number of halogens is 4. The fourth-order valence-corrected chi connectivity index (χ4v) is 5.36. The highest BCUT2D eigenvalue weighted by atomic mass is 35.5. The maximum atomic E-state index is 14.1. The number of nitrogens with zero attached hydrogens (tertiary/aromatic N) is 2. The molecular formula is C21H29ClF3N3OS. The highest BCUT2D eigenvalue weighted by Crippen LogP contribution is 2.42. The minimum absolute atomic E-state index is 0.0401. The van der Waals surface area contributed by atoms with Crippen LogP contribution in [0.5, 0.6) is 0 Å². The Kier molecular flexibility index (Phi) is 7.98. The molecule has 1 aliphatic carbocycles. The van der Waals surface area contributed by atoms with Crippen molar-refractivity contribution in [1.29, 1.82) is 0 Å². The van der Waals surface area contributed by atoms with E-state index in [1.54, 1.807) is 0 Å². The predicted octanol–water partition coefficient (Wildman–Crippen LogP) is 4.83. The monoisotopic (exact) mass is 463 g/mol. The van der Waals surface area contributed by atoms with Crippen molar-refractivity contribution in [3.05, 3.63) is 34.6 Å². The van der Waals surface area contributed by atoms with E-state index < -0.39 is 23.2 Å². The normalized spacial score (nSPS) is 22.0. The Hall–Kier alpha value is -0.960. The average Bonchev–Trinajstić information content (AvgIpc) is 2.72. The highest BCUT2D eigenvalue weighted by molar-refractivity contribution is 7.97. The first kappa shape index (κ1) is 23.7. The molecule has 0 bridgehead atoms. The summed E-state index contributed by atoms with van der Waals surface area (Å²) < 4.78 is 44.2. The molecule has 1 aliphatic heterocycles. The van der Waals surface area contributed by atoms with Crippen molar-refractivity contribution >= 4 is 29.5 Å². The highest BCUT2D eigenvalue weighted by Gasteiger charge is 2.47. The Bertz CT molecular complexity index is 714. The van der Waals surface area contributed by atoms with Crippen molar-refractivity contribution in [2.75, 3.05) is 38.5 Å². The van der Waals surface area contributed by atoms with Crippen LogP contribution >= 0.6 is 23.5 Å². The number of piperazine rings is 1. The number of amides is 1. The second-order valence-electron chi connectivity index (χ2n) is 8.11. The van der Waals surface area contributed by atoms with Crippen LogP contribution in [0.15, 0.2) is 18.2 Å². The number of nitrogens with one attached hydrogen (secondary N) is 1. The van der Waals surface area contributed by atoms with Crippen molar-refractivity contribution in [2.45, 2.75) is 50.5 Å². The lowest BCUT2D eigenvalue weighted by Gasteiger charge is -2.50. The molecule has 1 heterocycles. The average molecular weight is 464 g/mol. The SMILES string of the molecule is CCCSN1CCN(C2(CNC(=O)c3c(F)cccc3Cl)CCC(F)(F)CC2)CC1. The van der Waals surface area contributed by atoms with Gasteiger partial charge in [-0.25, -0.2) is 17.5 Å². The summed E-state index contributed by atoms with van der Waals surface area (Å²) in [4.78, 5) is 14.9. The molecule has 0 spiro atoms. The first-order valence-electron chi connectivity index (χ1n) is 10.5. The molecule has 0 aromatic heterocycles. The molecule has 4 nitrogen and oxygen atoms in total. The quantitative estimate of drug-likeness (QED) is 0.587. The van der Waals surface area contributed by atoms with Crippen LogP contribution in [0.4, 0.5) is 13.2 Å². The van der Waals surface area contributed by atoms with Gasteiger partial charge >= 0.3 is 0 Å². The summed E-state index contributed by atoms with van der Waals surface area (Å²) in [5, 5.41) is 2.83. The summed E-state index contributed by atoms with van der Waals surface area (Å²) in [7, 11) is 0. The molecular weight excluding hydrogens is 435 g/mol. The maximum absolute atomic E-state index is 14.1. The number of alkyl halides is 2. The number of benzene rings is 1. The number of carbonyl (C=O) groups is 1. The Morgan fingerprint density at radius 1 is 1.17 bits per heavy atom. The predicted molar refractivity (Wildman–Crippen MR) is 116 cm³/mol. The van der Waals surface area contributed by atoms with E-state index in [0.717, 1.165) is 38.4 Å². The van der Waals surface area contributed by atoms with Gasteiger partial charge in [-0.3, -0.25) is 9.69 Å². The summed E-state index contributed by atoms with van der Waals surface area (Å²) in [6.07, 6.45) is 1.30. The largest absolute Gasteiger partial charge is 0.350 e. The Morgan fingerprint density at radius 3 is 2.43 bits per heavy atom. The van der Waals surface area contributed by atoms with Gasteiger partial charge in [0.15, 0.2) is 0 Å². The molecule has 1 saturated carbocycles. The van der Waals surface area contributed by atoms with Crippen molar-refractivity contribution in [3.8, 4) is 0 Å². The van der Waals surface area contributed by atoms with Gasteiger partial charge in [0.1, 0.15) is 5.82 Å². The molecule has 1 aromatic rings. The molecule has 3 rings (SSSR count). The second-order valence-corrected chi connectivity index (χ2v) is 9.70. The summed E-state index contributed by atoms with van der Waals surface area (Å²) in [5.41, 5.74) is -0.743. The van der Waals surface area contributed by atoms with Crippen molar-refractivity contribution in [3.63, 3.8) is 0 Å². The van der Waals surface area contributed by atoms with E-state index in [9.17, 15) is 18.0 Å². The minimum atomic E-state index is -2.67. The lowest BCUT2D eigenvalue weighted by atomic mass is 9.78. The van der Waals surface area contributed by atoms with E-state index >= 15 is 0 Å². The molecule has 2 fully saturated rings. The molecule has 168 valence electrons. The summed E-state index contributed by atoms with van der Waals surface area (Å²) >= 11 is 7.83. The number of rotatable bonds is 7. The second kappa shape index (κ2) is 10.1. The summed E-state index contributed by atoms with van der Waals surface area (Å²) in [5.74, 6) is -2.89. The van der Waals surface area contributed by atoms with Crippen molar-refractivity contribution in [1.82, 2.24) is 14.5 Å². The number of hydrogen-bond acceptors (Lipinski definition) is 4. The van der Waals surface area contributed by atoms with E-state index in [0.29, 0.717) is 12.8 Å². The zero-order valence-electron chi connectivity index (χ0n) is 17.2. The Labute approximate surface area is 185 Å². The smallest absolute Gasteiger partial charge is 0.255 e. The molecule has 30 heavy (non-hydrogen) atoms. The van der Waals surface area contributed by atoms with Crippen LogP contribution in [0.3, 0.4) is 0 Å². The van der Waals surface area contributed by atoms with E-state index in [4.69, 9.17) is 11.6 Å². The van der Waals surface area contributed by atoms with Gasteiger partial charge in [-0.1, -0.05) is 36.5 Å². The third kappa shape index (κ3) is 5.64. The molecule has 1 aromatic carbocycles. The van der Waals surface area contributed by atoms with Crippen LogP contribution in [-0.4, -0.2) is 65.1 Å². The molecule has 0 unspecified atom stereocenters. The van der Waals surface area contributed by atoms with Crippen LogP contribution in [0.25, 0.3) is 0 Å². The van der Waals surface area contributed by atoms with Crippen LogP contribution in [0, 0.1) is 5.82 Å². The topological polar surface area (TPSA) is 35.6 Å². The van der Waals surface area contributed by atoms with E-state index in [-0.39, 0.29) is 30.0 Å². The zero-order valence-corrected chi connectivity index (χ0v) is 18.8. The maximum Gasteiger partial charge on any atom is 0.255 e. The molecule has 1 N–H and O–H groups in total. The van der Waals surface area contributed by atoms with E-state index in [1.807, 2.05) is 11.9 Å². The fourth-order valence-electron chi connectivity index (χ4n) is 4.25. The molecule has 1 saturated heterocycles. The van der Waals surface area contributed by atoms with Crippen LogP contribution < -0.4 is 5.32 Å². The molecule has 1 amide bonds. The Morgan fingerprint density at radius 2 is 1.83 bits per heavy atom. The van der Waals surface area contributed by atoms with Crippen molar-refractivity contribution < 1.29 is 18.0 Å².